The summed E-state index contributed by atoms with van der Waals surface area (Å²) in [5, 5.41) is 6.33. The number of aryl methyl sites for hydroxylation is 1. The van der Waals surface area contributed by atoms with Crippen molar-refractivity contribution in [3.63, 3.8) is 0 Å². The van der Waals surface area contributed by atoms with Crippen LogP contribution in [0.1, 0.15) is 16.1 Å². The summed E-state index contributed by atoms with van der Waals surface area (Å²) in [5.41, 5.74) is 2.16. The Hall–Kier alpha value is -3.79. The first-order valence-electron chi connectivity index (χ1n) is 8.49. The summed E-state index contributed by atoms with van der Waals surface area (Å²) in [4.78, 5) is 20.8. The summed E-state index contributed by atoms with van der Waals surface area (Å²) in [5.74, 6) is 0.240. The summed E-state index contributed by atoms with van der Waals surface area (Å²) in [7, 11) is -3.82. The quantitative estimate of drug-likeness (QED) is 0.519. The van der Waals surface area contributed by atoms with Crippen LogP contribution in [0.15, 0.2) is 70.3 Å². The van der Waals surface area contributed by atoms with Gasteiger partial charge in [-0.2, -0.15) is 0 Å². The Morgan fingerprint density at radius 3 is 2.38 bits per heavy atom. The summed E-state index contributed by atoms with van der Waals surface area (Å²) in [6.07, 6.45) is 3.13. The van der Waals surface area contributed by atoms with Gasteiger partial charge in [0.05, 0.1) is 15.9 Å². The second-order valence-electron chi connectivity index (χ2n) is 6.17. The molecule has 2 aromatic carbocycles. The minimum absolute atomic E-state index is 0.0251. The van der Waals surface area contributed by atoms with Crippen molar-refractivity contribution in [1.82, 2.24) is 15.1 Å². The number of amides is 1. The number of anilines is 2. The number of nitrogens with one attached hydrogen (secondary N) is 2. The van der Waals surface area contributed by atoms with Crippen molar-refractivity contribution in [2.45, 2.75) is 11.8 Å². The molecule has 0 unspecified atom stereocenters. The molecule has 0 spiro atoms. The fourth-order valence-corrected chi connectivity index (χ4v) is 3.62. The molecule has 0 saturated carbocycles. The number of rotatable bonds is 5. The molecule has 2 N–H and O–H groups in total. The Labute approximate surface area is 165 Å². The van der Waals surface area contributed by atoms with E-state index in [1.807, 2.05) is 0 Å². The summed E-state index contributed by atoms with van der Waals surface area (Å²) < 4.78 is 32.0. The maximum Gasteiger partial charge on any atom is 0.263 e. The fourth-order valence-electron chi connectivity index (χ4n) is 2.64. The molecule has 0 aliphatic carbocycles. The standard InChI is InChI=1S/C19H15N5O4S/c1-12-10-18(23-28-12)24-29(26,27)15-5-3-14(4-6-15)22-19(25)13-2-7-16-17(11-13)21-9-8-20-16/h2-11H,1H3,(H,22,25)(H,23,24). The van der Waals surface area contributed by atoms with Crippen molar-refractivity contribution in [3.05, 3.63) is 72.2 Å². The summed E-state index contributed by atoms with van der Waals surface area (Å²) in [6, 6.07) is 12.2. The maximum absolute atomic E-state index is 12.5. The molecule has 2 heterocycles. The first kappa shape index (κ1) is 18.6. The Kier molecular flexibility index (Phi) is 4.69. The van der Waals surface area contributed by atoms with Gasteiger partial charge in [0.1, 0.15) is 5.76 Å². The number of carbonyl (C=O) groups excluding carboxylic acids is 1. The molecule has 0 aliphatic heterocycles. The van der Waals surface area contributed by atoms with Crippen LogP contribution in [0, 0.1) is 6.92 Å². The molecule has 1 amide bonds. The van der Waals surface area contributed by atoms with Crippen molar-refractivity contribution in [3.8, 4) is 0 Å². The van der Waals surface area contributed by atoms with E-state index in [0.29, 0.717) is 28.0 Å². The maximum atomic E-state index is 12.5. The van der Waals surface area contributed by atoms with Crippen molar-refractivity contribution in [1.29, 1.82) is 0 Å². The van der Waals surface area contributed by atoms with E-state index in [-0.39, 0.29) is 16.6 Å². The van der Waals surface area contributed by atoms with Crippen LogP contribution >= 0.6 is 0 Å². The highest BCUT2D eigenvalue weighted by Crippen LogP contribution is 2.19. The monoisotopic (exact) mass is 409 g/mol. The number of hydrogen-bond acceptors (Lipinski definition) is 7. The largest absolute Gasteiger partial charge is 0.360 e. The van der Waals surface area contributed by atoms with E-state index >= 15 is 0 Å². The Balaban J connectivity index is 1.49. The number of sulfonamides is 1. The van der Waals surface area contributed by atoms with Crippen LogP contribution in [0.5, 0.6) is 0 Å². The van der Waals surface area contributed by atoms with E-state index in [9.17, 15) is 13.2 Å². The lowest BCUT2D eigenvalue weighted by Crippen LogP contribution is -2.14. The van der Waals surface area contributed by atoms with E-state index in [4.69, 9.17) is 4.52 Å². The number of aromatic nitrogens is 3. The number of benzene rings is 2. The molecule has 10 heteroatoms. The molecule has 146 valence electrons. The second-order valence-corrected chi connectivity index (χ2v) is 7.85. The van der Waals surface area contributed by atoms with Gasteiger partial charge in [-0.05, 0) is 49.4 Å². The highest BCUT2D eigenvalue weighted by Gasteiger charge is 2.16. The molecule has 0 bridgehead atoms. The SMILES string of the molecule is Cc1cc(NS(=O)(=O)c2ccc(NC(=O)c3ccc4nccnc4c3)cc2)no1. The minimum atomic E-state index is -3.82. The lowest BCUT2D eigenvalue weighted by atomic mass is 10.1. The molecule has 4 rings (SSSR count). The first-order chi connectivity index (χ1) is 13.9. The van der Waals surface area contributed by atoms with Gasteiger partial charge >= 0.3 is 0 Å². The van der Waals surface area contributed by atoms with Gasteiger partial charge < -0.3 is 9.84 Å². The lowest BCUT2D eigenvalue weighted by Gasteiger charge is -2.08. The first-order valence-corrected chi connectivity index (χ1v) is 9.97. The highest BCUT2D eigenvalue weighted by molar-refractivity contribution is 7.92. The molecule has 0 saturated heterocycles. The molecule has 9 nitrogen and oxygen atoms in total. The third-order valence-electron chi connectivity index (χ3n) is 4.02. The van der Waals surface area contributed by atoms with E-state index in [2.05, 4.69) is 25.2 Å². The van der Waals surface area contributed by atoms with Crippen molar-refractivity contribution in [2.75, 3.05) is 10.0 Å². The Bertz CT molecular complexity index is 1300. The van der Waals surface area contributed by atoms with Crippen molar-refractivity contribution < 1.29 is 17.7 Å². The zero-order valence-electron chi connectivity index (χ0n) is 15.2. The van der Waals surface area contributed by atoms with Gasteiger partial charge in [0.15, 0.2) is 5.82 Å². The zero-order chi connectivity index (χ0) is 20.4. The molecule has 4 aromatic rings. The molecular formula is C19H15N5O4S. The van der Waals surface area contributed by atoms with Crippen LogP contribution in [-0.4, -0.2) is 29.4 Å². The smallest absolute Gasteiger partial charge is 0.263 e. The normalized spacial score (nSPS) is 11.3. The Morgan fingerprint density at radius 1 is 0.966 bits per heavy atom. The van der Waals surface area contributed by atoms with Gasteiger partial charge in [-0.3, -0.25) is 19.5 Å². The highest BCUT2D eigenvalue weighted by atomic mass is 32.2. The van der Waals surface area contributed by atoms with Gasteiger partial charge in [0.2, 0.25) is 0 Å². The van der Waals surface area contributed by atoms with Crippen LogP contribution in [0.4, 0.5) is 11.5 Å². The van der Waals surface area contributed by atoms with Crippen LogP contribution in [0.3, 0.4) is 0 Å². The van der Waals surface area contributed by atoms with Crippen LogP contribution < -0.4 is 10.0 Å². The zero-order valence-corrected chi connectivity index (χ0v) is 16.0. The van der Waals surface area contributed by atoms with E-state index in [0.717, 1.165) is 0 Å². The van der Waals surface area contributed by atoms with E-state index < -0.39 is 10.0 Å². The molecule has 29 heavy (non-hydrogen) atoms. The van der Waals surface area contributed by atoms with Gasteiger partial charge in [-0.15, -0.1) is 0 Å². The second kappa shape index (κ2) is 7.32. The molecular weight excluding hydrogens is 394 g/mol. The predicted molar refractivity (Wildman–Crippen MR) is 106 cm³/mol. The van der Waals surface area contributed by atoms with Gasteiger partial charge in [-0.25, -0.2) is 8.42 Å². The van der Waals surface area contributed by atoms with Gasteiger partial charge in [0.25, 0.3) is 15.9 Å². The van der Waals surface area contributed by atoms with Crippen LogP contribution in [0.25, 0.3) is 11.0 Å². The van der Waals surface area contributed by atoms with Crippen LogP contribution in [0.2, 0.25) is 0 Å². The third kappa shape index (κ3) is 4.06. The number of carbonyl (C=O) groups is 1. The van der Waals surface area contributed by atoms with E-state index in [1.165, 1.54) is 30.3 Å². The third-order valence-corrected chi connectivity index (χ3v) is 5.39. The fraction of sp³-hybridized carbons (Fsp3) is 0.0526. The predicted octanol–water partition coefficient (Wildman–Crippen LogP) is 2.98. The number of nitrogens with zero attached hydrogens (tertiary/aromatic N) is 3. The topological polar surface area (TPSA) is 127 Å². The molecule has 0 radical (unpaired) electrons. The van der Waals surface area contributed by atoms with Gasteiger partial charge in [0, 0.05) is 29.7 Å². The van der Waals surface area contributed by atoms with Crippen LogP contribution in [-0.2, 0) is 10.0 Å². The molecule has 0 aliphatic rings. The molecule has 0 atom stereocenters. The average Bonchev–Trinajstić information content (AvgIpc) is 3.12. The van der Waals surface area contributed by atoms with Crippen molar-refractivity contribution >= 4 is 38.5 Å². The van der Waals surface area contributed by atoms with Crippen molar-refractivity contribution in [2.24, 2.45) is 0 Å². The lowest BCUT2D eigenvalue weighted by molar-refractivity contribution is 0.102. The summed E-state index contributed by atoms with van der Waals surface area (Å²) in [6.45, 7) is 1.66. The molecule has 0 fully saturated rings. The molecule has 2 aromatic heterocycles. The summed E-state index contributed by atoms with van der Waals surface area (Å²) >= 11 is 0. The minimum Gasteiger partial charge on any atom is -0.360 e. The Morgan fingerprint density at radius 2 is 1.69 bits per heavy atom. The van der Waals surface area contributed by atoms with E-state index in [1.54, 1.807) is 37.5 Å². The van der Waals surface area contributed by atoms with Gasteiger partial charge in [-0.1, -0.05) is 5.16 Å². The number of hydrogen-bond donors (Lipinski definition) is 2. The average molecular weight is 409 g/mol. The number of fused-ring (bicyclic) bond motifs is 1.